The number of hydrogen-bond acceptors (Lipinski definition) is 2. The molecule has 0 bridgehead atoms. The molecular formula is C14H23NO2. The molecule has 1 aliphatic heterocycles. The highest BCUT2D eigenvalue weighted by molar-refractivity contribution is 5.99. The second kappa shape index (κ2) is 4.79. The van der Waals surface area contributed by atoms with Crippen molar-refractivity contribution in [1.82, 2.24) is 5.32 Å². The number of imide groups is 1. The Morgan fingerprint density at radius 3 is 2.47 bits per heavy atom. The van der Waals surface area contributed by atoms with Gasteiger partial charge in [-0.05, 0) is 30.6 Å². The average molecular weight is 237 g/mol. The molecule has 2 amide bonds. The first kappa shape index (κ1) is 12.6. The second-order valence-corrected chi connectivity index (χ2v) is 6.19. The lowest BCUT2D eigenvalue weighted by atomic mass is 9.60. The van der Waals surface area contributed by atoms with E-state index in [-0.39, 0.29) is 23.1 Å². The molecule has 1 N–H and O–H groups in total. The fraction of sp³-hybridized carbons (Fsp3) is 0.857. The van der Waals surface area contributed by atoms with Gasteiger partial charge in [0, 0.05) is 12.3 Å². The number of carbonyl (C=O) groups is 2. The van der Waals surface area contributed by atoms with Crippen LogP contribution in [0.4, 0.5) is 0 Å². The summed E-state index contributed by atoms with van der Waals surface area (Å²) in [7, 11) is 0. The maximum atomic E-state index is 12.1. The number of amides is 2. The highest BCUT2D eigenvalue weighted by Crippen LogP contribution is 2.49. The molecule has 0 radical (unpaired) electrons. The molecule has 0 aromatic carbocycles. The van der Waals surface area contributed by atoms with E-state index in [2.05, 4.69) is 19.2 Å². The van der Waals surface area contributed by atoms with E-state index in [1.165, 1.54) is 19.3 Å². The monoisotopic (exact) mass is 237 g/mol. The molecule has 2 rings (SSSR count). The average Bonchev–Trinajstić information content (AvgIpc) is 2.24. The van der Waals surface area contributed by atoms with Gasteiger partial charge in [0.25, 0.3) is 0 Å². The van der Waals surface area contributed by atoms with E-state index < -0.39 is 0 Å². The predicted octanol–water partition coefficient (Wildman–Crippen LogP) is 2.65. The fourth-order valence-electron chi connectivity index (χ4n) is 3.60. The van der Waals surface area contributed by atoms with Crippen molar-refractivity contribution in [3.63, 3.8) is 0 Å². The van der Waals surface area contributed by atoms with Crippen molar-refractivity contribution in [3.8, 4) is 0 Å². The van der Waals surface area contributed by atoms with E-state index in [0.29, 0.717) is 12.3 Å². The molecule has 3 nitrogen and oxygen atoms in total. The van der Waals surface area contributed by atoms with Crippen molar-refractivity contribution in [1.29, 1.82) is 0 Å². The second-order valence-electron chi connectivity index (χ2n) is 6.19. The van der Waals surface area contributed by atoms with Gasteiger partial charge in [0.05, 0.1) is 0 Å². The minimum Gasteiger partial charge on any atom is -0.296 e. The molecule has 1 heterocycles. The first-order valence-corrected chi connectivity index (χ1v) is 6.87. The number of carbonyl (C=O) groups excluding carboxylic acids is 2. The number of nitrogens with one attached hydrogen (secondary N) is 1. The van der Waals surface area contributed by atoms with E-state index in [0.717, 1.165) is 19.3 Å². The number of hydrogen-bond donors (Lipinski definition) is 1. The Kier molecular flexibility index (Phi) is 3.55. The van der Waals surface area contributed by atoms with Crippen LogP contribution in [0.25, 0.3) is 0 Å². The van der Waals surface area contributed by atoms with Crippen molar-refractivity contribution in [2.75, 3.05) is 0 Å². The topological polar surface area (TPSA) is 46.2 Å². The number of piperidine rings is 1. The van der Waals surface area contributed by atoms with Crippen molar-refractivity contribution in [3.05, 3.63) is 0 Å². The van der Waals surface area contributed by atoms with Crippen molar-refractivity contribution >= 4 is 11.8 Å². The summed E-state index contributed by atoms with van der Waals surface area (Å²) in [6, 6.07) is 0. The van der Waals surface area contributed by atoms with Gasteiger partial charge in [0.2, 0.25) is 11.8 Å². The van der Waals surface area contributed by atoms with E-state index in [9.17, 15) is 9.59 Å². The summed E-state index contributed by atoms with van der Waals surface area (Å²) < 4.78 is 0. The van der Waals surface area contributed by atoms with Gasteiger partial charge in [0.1, 0.15) is 0 Å². The quantitative estimate of drug-likeness (QED) is 0.750. The lowest BCUT2D eigenvalue weighted by Gasteiger charge is -2.45. The molecule has 2 aliphatic rings. The molecule has 1 saturated heterocycles. The summed E-state index contributed by atoms with van der Waals surface area (Å²) in [5.74, 6) is 0.493. The van der Waals surface area contributed by atoms with Crippen molar-refractivity contribution in [2.24, 2.45) is 17.3 Å². The molecule has 0 aromatic heterocycles. The summed E-state index contributed by atoms with van der Waals surface area (Å²) >= 11 is 0. The van der Waals surface area contributed by atoms with Crippen LogP contribution in [-0.4, -0.2) is 11.8 Å². The normalized spacial score (nSPS) is 28.5. The standard InChI is InChI=1S/C14H23NO2/c1-10(2)8-11-13(17)15-12(16)9-14(11)6-4-3-5-7-14/h10-11H,3-9H2,1-2H3,(H,15,16,17). The molecule has 1 atom stereocenters. The fourth-order valence-corrected chi connectivity index (χ4v) is 3.60. The predicted molar refractivity (Wildman–Crippen MR) is 66.2 cm³/mol. The summed E-state index contributed by atoms with van der Waals surface area (Å²) in [5, 5.41) is 2.53. The SMILES string of the molecule is CC(C)CC1C(=O)NC(=O)CC12CCCCC2. The zero-order chi connectivity index (χ0) is 12.5. The van der Waals surface area contributed by atoms with Crippen LogP contribution in [0.2, 0.25) is 0 Å². The first-order valence-electron chi connectivity index (χ1n) is 6.87. The van der Waals surface area contributed by atoms with E-state index in [1.54, 1.807) is 0 Å². The van der Waals surface area contributed by atoms with Gasteiger partial charge >= 0.3 is 0 Å². The molecule has 1 aliphatic carbocycles. The largest absolute Gasteiger partial charge is 0.296 e. The van der Waals surface area contributed by atoms with Gasteiger partial charge in [-0.2, -0.15) is 0 Å². The van der Waals surface area contributed by atoms with Crippen LogP contribution >= 0.6 is 0 Å². The maximum Gasteiger partial charge on any atom is 0.230 e. The molecule has 1 unspecified atom stereocenters. The Balaban J connectivity index is 2.22. The Labute approximate surface area is 103 Å². The van der Waals surface area contributed by atoms with Crippen LogP contribution in [-0.2, 0) is 9.59 Å². The molecule has 96 valence electrons. The third-order valence-electron chi connectivity index (χ3n) is 4.39. The van der Waals surface area contributed by atoms with Gasteiger partial charge in [-0.25, -0.2) is 0 Å². The first-order chi connectivity index (χ1) is 8.03. The van der Waals surface area contributed by atoms with Crippen LogP contribution < -0.4 is 5.32 Å². The van der Waals surface area contributed by atoms with Crippen LogP contribution in [0.15, 0.2) is 0 Å². The van der Waals surface area contributed by atoms with Crippen LogP contribution in [0, 0.1) is 17.3 Å². The van der Waals surface area contributed by atoms with Crippen LogP contribution in [0.3, 0.4) is 0 Å². The Morgan fingerprint density at radius 1 is 1.24 bits per heavy atom. The van der Waals surface area contributed by atoms with E-state index >= 15 is 0 Å². The van der Waals surface area contributed by atoms with Crippen molar-refractivity contribution in [2.45, 2.75) is 58.8 Å². The van der Waals surface area contributed by atoms with Gasteiger partial charge in [-0.15, -0.1) is 0 Å². The molecule has 1 saturated carbocycles. The lowest BCUT2D eigenvalue weighted by molar-refractivity contribution is -0.146. The summed E-state index contributed by atoms with van der Waals surface area (Å²) in [4.78, 5) is 23.7. The Hall–Kier alpha value is -0.860. The van der Waals surface area contributed by atoms with Crippen LogP contribution in [0.5, 0.6) is 0 Å². The van der Waals surface area contributed by atoms with E-state index in [4.69, 9.17) is 0 Å². The zero-order valence-electron chi connectivity index (χ0n) is 10.9. The van der Waals surface area contributed by atoms with Crippen molar-refractivity contribution < 1.29 is 9.59 Å². The lowest BCUT2D eigenvalue weighted by Crippen LogP contribution is -2.53. The van der Waals surface area contributed by atoms with Gasteiger partial charge in [-0.1, -0.05) is 33.1 Å². The molecule has 17 heavy (non-hydrogen) atoms. The van der Waals surface area contributed by atoms with Gasteiger partial charge < -0.3 is 0 Å². The Bertz CT molecular complexity index is 316. The summed E-state index contributed by atoms with van der Waals surface area (Å²) in [6.07, 6.45) is 7.21. The maximum absolute atomic E-state index is 12.1. The zero-order valence-corrected chi connectivity index (χ0v) is 10.9. The van der Waals surface area contributed by atoms with Gasteiger partial charge in [0.15, 0.2) is 0 Å². The minimum absolute atomic E-state index is 0.0120. The molecule has 1 spiro atoms. The number of rotatable bonds is 2. The van der Waals surface area contributed by atoms with E-state index in [1.807, 2.05) is 0 Å². The highest BCUT2D eigenvalue weighted by Gasteiger charge is 2.48. The van der Waals surface area contributed by atoms with Gasteiger partial charge in [-0.3, -0.25) is 14.9 Å². The molecular weight excluding hydrogens is 214 g/mol. The molecule has 0 aromatic rings. The Morgan fingerprint density at radius 2 is 1.88 bits per heavy atom. The van der Waals surface area contributed by atoms with Crippen LogP contribution in [0.1, 0.15) is 58.8 Å². The highest BCUT2D eigenvalue weighted by atomic mass is 16.2. The minimum atomic E-state index is -0.0584. The smallest absolute Gasteiger partial charge is 0.230 e. The molecule has 2 fully saturated rings. The summed E-state index contributed by atoms with van der Waals surface area (Å²) in [5.41, 5.74) is -0.0120. The summed E-state index contributed by atoms with van der Waals surface area (Å²) in [6.45, 7) is 4.31. The molecule has 3 heteroatoms. The third-order valence-corrected chi connectivity index (χ3v) is 4.39. The third kappa shape index (κ3) is 2.53.